The molecule has 2 nitrogen and oxygen atoms in total. The summed E-state index contributed by atoms with van der Waals surface area (Å²) in [4.78, 5) is 6.62. The molecule has 1 aliphatic rings. The van der Waals surface area contributed by atoms with Crippen molar-refractivity contribution in [2.75, 3.05) is 0 Å². The molecule has 108 valence electrons. The van der Waals surface area contributed by atoms with Crippen LogP contribution in [-0.4, -0.2) is 9.97 Å². The number of nitrogens with zero attached hydrogens (tertiary/aromatic N) is 1. The number of rotatable bonds is 1. The molecule has 0 radical (unpaired) electrons. The summed E-state index contributed by atoms with van der Waals surface area (Å²) >= 11 is 0. The largest absolute Gasteiger partial charge is 0.417 e. The molecule has 1 aromatic carbocycles. The summed E-state index contributed by atoms with van der Waals surface area (Å²) in [5.41, 5.74) is -3.51. The smallest absolute Gasteiger partial charge is 0.342 e. The van der Waals surface area contributed by atoms with Crippen LogP contribution in [0.25, 0.3) is 11.0 Å². The number of fused-ring (bicyclic) bond motifs is 1. The highest BCUT2D eigenvalue weighted by atomic mass is 19.4. The highest BCUT2D eigenvalue weighted by Crippen LogP contribution is 2.43. The van der Waals surface area contributed by atoms with E-state index in [1.165, 1.54) is 0 Å². The van der Waals surface area contributed by atoms with Crippen molar-refractivity contribution < 1.29 is 26.3 Å². The summed E-state index contributed by atoms with van der Waals surface area (Å²) in [7, 11) is 0. The van der Waals surface area contributed by atoms with Crippen molar-refractivity contribution in [2.45, 2.75) is 31.1 Å². The summed E-state index contributed by atoms with van der Waals surface area (Å²) in [6.45, 7) is 0. The number of imidazole rings is 1. The first-order valence-electron chi connectivity index (χ1n) is 5.84. The van der Waals surface area contributed by atoms with Crippen molar-refractivity contribution in [3.05, 3.63) is 29.1 Å². The molecule has 0 atom stereocenters. The normalized spacial score (nSPS) is 16.9. The van der Waals surface area contributed by atoms with Crippen molar-refractivity contribution in [3.63, 3.8) is 0 Å². The minimum atomic E-state index is -5.07. The Morgan fingerprint density at radius 3 is 2.00 bits per heavy atom. The molecule has 0 aliphatic heterocycles. The van der Waals surface area contributed by atoms with Gasteiger partial charge < -0.3 is 4.98 Å². The number of halogens is 6. The molecule has 0 unspecified atom stereocenters. The number of aromatic amines is 1. The number of hydrogen-bond acceptors (Lipinski definition) is 1. The van der Waals surface area contributed by atoms with Gasteiger partial charge in [0, 0.05) is 5.92 Å². The van der Waals surface area contributed by atoms with E-state index in [-0.39, 0.29) is 17.0 Å². The number of hydrogen-bond donors (Lipinski definition) is 1. The van der Waals surface area contributed by atoms with Gasteiger partial charge in [-0.05, 0) is 25.0 Å². The number of alkyl halides is 6. The lowest BCUT2D eigenvalue weighted by Crippen LogP contribution is -2.16. The molecule has 8 heteroatoms. The first-order chi connectivity index (χ1) is 9.16. The standard InChI is InChI=1S/C12H8F6N2/c13-11(14,15)6-3-8-9(4-7(6)12(16,17)18)20-10(19-8)5-1-2-5/h3-5H,1-2H2,(H,19,20). The number of aromatic nitrogens is 2. The quantitative estimate of drug-likeness (QED) is 0.772. The van der Waals surface area contributed by atoms with Gasteiger partial charge in [0.15, 0.2) is 0 Å². The van der Waals surface area contributed by atoms with E-state index in [9.17, 15) is 26.3 Å². The van der Waals surface area contributed by atoms with E-state index < -0.39 is 23.5 Å². The Balaban J connectivity index is 2.23. The van der Waals surface area contributed by atoms with E-state index >= 15 is 0 Å². The van der Waals surface area contributed by atoms with Crippen LogP contribution in [0.5, 0.6) is 0 Å². The van der Waals surface area contributed by atoms with Gasteiger partial charge in [0.05, 0.1) is 22.2 Å². The van der Waals surface area contributed by atoms with Crippen LogP contribution in [0.4, 0.5) is 26.3 Å². The molecule has 20 heavy (non-hydrogen) atoms. The fourth-order valence-corrected chi connectivity index (χ4v) is 2.10. The third-order valence-corrected chi connectivity index (χ3v) is 3.21. The zero-order chi connectivity index (χ0) is 14.7. The lowest BCUT2D eigenvalue weighted by molar-refractivity contribution is -0.161. The molecule has 0 spiro atoms. The lowest BCUT2D eigenvalue weighted by atomic mass is 10.1. The zero-order valence-corrected chi connectivity index (χ0v) is 9.86. The molecule has 1 N–H and O–H groups in total. The van der Waals surface area contributed by atoms with Gasteiger partial charge in [0.25, 0.3) is 0 Å². The van der Waals surface area contributed by atoms with Gasteiger partial charge in [-0.25, -0.2) is 4.98 Å². The molecule has 1 saturated carbocycles. The third kappa shape index (κ3) is 2.23. The van der Waals surface area contributed by atoms with Crippen molar-refractivity contribution in [3.8, 4) is 0 Å². The third-order valence-electron chi connectivity index (χ3n) is 3.21. The first-order valence-corrected chi connectivity index (χ1v) is 5.84. The van der Waals surface area contributed by atoms with Crippen LogP contribution in [0.15, 0.2) is 12.1 Å². The van der Waals surface area contributed by atoms with Gasteiger partial charge in [0.1, 0.15) is 5.82 Å². The number of H-pyrrole nitrogens is 1. The van der Waals surface area contributed by atoms with Gasteiger partial charge in [-0.15, -0.1) is 0 Å². The topological polar surface area (TPSA) is 28.7 Å². The molecule has 2 aromatic rings. The number of nitrogens with one attached hydrogen (secondary N) is 1. The summed E-state index contributed by atoms with van der Waals surface area (Å²) in [5.74, 6) is 0.568. The molecular weight excluding hydrogens is 286 g/mol. The van der Waals surface area contributed by atoms with Gasteiger partial charge in [-0.3, -0.25) is 0 Å². The Bertz CT molecular complexity index is 612. The minimum Gasteiger partial charge on any atom is -0.342 e. The van der Waals surface area contributed by atoms with Crippen molar-refractivity contribution in [1.29, 1.82) is 0 Å². The second-order valence-corrected chi connectivity index (χ2v) is 4.81. The zero-order valence-electron chi connectivity index (χ0n) is 9.86. The van der Waals surface area contributed by atoms with Crippen LogP contribution >= 0.6 is 0 Å². The predicted octanol–water partition coefficient (Wildman–Crippen LogP) is 4.48. The maximum absolute atomic E-state index is 12.8. The van der Waals surface area contributed by atoms with Crippen molar-refractivity contribution in [1.82, 2.24) is 9.97 Å². The Morgan fingerprint density at radius 1 is 0.950 bits per heavy atom. The van der Waals surface area contributed by atoms with Gasteiger partial charge in [0.2, 0.25) is 0 Å². The lowest BCUT2D eigenvalue weighted by Gasteiger charge is -2.15. The molecule has 1 heterocycles. The van der Waals surface area contributed by atoms with Crippen LogP contribution in [0.3, 0.4) is 0 Å². The van der Waals surface area contributed by atoms with Crippen LogP contribution in [0.2, 0.25) is 0 Å². The van der Waals surface area contributed by atoms with E-state index in [2.05, 4.69) is 9.97 Å². The molecule has 1 aromatic heterocycles. The highest BCUT2D eigenvalue weighted by Gasteiger charge is 2.43. The summed E-state index contributed by atoms with van der Waals surface area (Å²) in [6, 6.07) is 0.942. The van der Waals surface area contributed by atoms with Gasteiger partial charge in [-0.1, -0.05) is 0 Å². The Hall–Kier alpha value is -1.73. The average Bonchev–Trinajstić information content (AvgIpc) is 3.05. The van der Waals surface area contributed by atoms with Crippen LogP contribution in [-0.2, 0) is 12.4 Å². The SMILES string of the molecule is FC(F)(F)c1cc2nc(C3CC3)[nH]c2cc1C(F)(F)F. The molecule has 0 bridgehead atoms. The van der Waals surface area contributed by atoms with E-state index in [0.29, 0.717) is 18.0 Å². The summed E-state index contributed by atoms with van der Waals surface area (Å²) in [5, 5.41) is 0. The van der Waals surface area contributed by atoms with Crippen molar-refractivity contribution in [2.24, 2.45) is 0 Å². The average molecular weight is 294 g/mol. The molecule has 0 saturated heterocycles. The summed E-state index contributed by atoms with van der Waals surface area (Å²) in [6.07, 6.45) is -8.45. The Morgan fingerprint density at radius 2 is 1.50 bits per heavy atom. The second-order valence-electron chi connectivity index (χ2n) is 4.81. The van der Waals surface area contributed by atoms with Crippen LogP contribution < -0.4 is 0 Å². The highest BCUT2D eigenvalue weighted by molar-refractivity contribution is 5.78. The van der Waals surface area contributed by atoms with E-state index in [1.807, 2.05) is 0 Å². The monoisotopic (exact) mass is 294 g/mol. The maximum atomic E-state index is 12.8. The Labute approximate surface area is 108 Å². The van der Waals surface area contributed by atoms with Gasteiger partial charge >= 0.3 is 12.4 Å². The van der Waals surface area contributed by atoms with E-state index in [0.717, 1.165) is 12.8 Å². The number of benzene rings is 1. The fourth-order valence-electron chi connectivity index (χ4n) is 2.10. The molecule has 3 rings (SSSR count). The molecule has 0 amide bonds. The molecule has 1 fully saturated rings. The first kappa shape index (κ1) is 13.3. The van der Waals surface area contributed by atoms with Gasteiger partial charge in [-0.2, -0.15) is 26.3 Å². The Kier molecular flexibility index (Phi) is 2.58. The maximum Gasteiger partial charge on any atom is 0.417 e. The second kappa shape index (κ2) is 3.89. The van der Waals surface area contributed by atoms with E-state index in [4.69, 9.17) is 0 Å². The van der Waals surface area contributed by atoms with E-state index in [1.54, 1.807) is 0 Å². The fraction of sp³-hybridized carbons (Fsp3) is 0.417. The summed E-state index contributed by atoms with van der Waals surface area (Å²) < 4.78 is 76.5. The predicted molar refractivity (Wildman–Crippen MR) is 58.1 cm³/mol. The molecular formula is C12H8F6N2. The van der Waals surface area contributed by atoms with Crippen LogP contribution in [0, 0.1) is 0 Å². The van der Waals surface area contributed by atoms with Crippen LogP contribution in [0.1, 0.15) is 35.7 Å². The molecule has 1 aliphatic carbocycles. The minimum absolute atomic E-state index is 0.0211. The van der Waals surface area contributed by atoms with Crippen molar-refractivity contribution >= 4 is 11.0 Å².